The predicted molar refractivity (Wildman–Crippen MR) is 219 cm³/mol. The van der Waals surface area contributed by atoms with Crippen LogP contribution in [0.2, 0.25) is 0 Å². The minimum absolute atomic E-state index is 0.0394. The van der Waals surface area contributed by atoms with Crippen molar-refractivity contribution in [2.24, 2.45) is 4.99 Å². The third kappa shape index (κ3) is 13.9. The zero-order valence-corrected chi connectivity index (χ0v) is 34.5. The van der Waals surface area contributed by atoms with Crippen LogP contribution in [-0.2, 0) is 25.5 Å². The molecule has 0 radical (unpaired) electrons. The van der Waals surface area contributed by atoms with Gasteiger partial charge in [0.2, 0.25) is 5.96 Å². The molecule has 0 heterocycles. The second-order valence-electron chi connectivity index (χ2n) is 16.4. The molecule has 0 fully saturated rings. The number of hydrogen-bond acceptors (Lipinski definition) is 10. The number of carbonyl (C=O) groups is 6. The van der Waals surface area contributed by atoms with Crippen molar-refractivity contribution in [1.29, 1.82) is 0 Å². The molecule has 0 aliphatic rings. The topological polar surface area (TPSA) is 179 Å². The van der Waals surface area contributed by atoms with Gasteiger partial charge < -0.3 is 29.2 Å². The number of ketones is 1. The Balaban J connectivity index is 1.53. The summed E-state index contributed by atoms with van der Waals surface area (Å²) in [6.07, 6.45) is -1.81. The SMILES string of the molecule is CC(=O)c1cccc(CN(CC(=O)OC(C)(C)C)C(=O)c2cccc3cc(OC(=O)c4ccc(N/C(=N\C(=O)OC(C)(C)C)NC(=O)OC(C)(C)C)cc4)ccc23)c1. The van der Waals surface area contributed by atoms with Gasteiger partial charge in [-0.2, -0.15) is 0 Å². The Labute approximate surface area is 337 Å². The Morgan fingerprint density at radius 1 is 0.690 bits per heavy atom. The monoisotopic (exact) mass is 794 g/mol. The van der Waals surface area contributed by atoms with Crippen LogP contribution >= 0.6 is 0 Å². The molecular weight excluding hydrogens is 745 g/mol. The molecule has 306 valence electrons. The lowest BCUT2D eigenvalue weighted by molar-refractivity contribution is -0.155. The van der Waals surface area contributed by atoms with Crippen molar-refractivity contribution < 1.29 is 47.7 Å². The summed E-state index contributed by atoms with van der Waals surface area (Å²) in [5, 5.41) is 6.38. The molecule has 4 rings (SSSR count). The number of fused-ring (bicyclic) bond motifs is 1. The van der Waals surface area contributed by atoms with Crippen LogP contribution in [0.25, 0.3) is 10.8 Å². The molecule has 0 aromatic heterocycles. The highest BCUT2D eigenvalue weighted by molar-refractivity contribution is 6.08. The Bertz CT molecular complexity index is 2230. The molecule has 4 aromatic carbocycles. The van der Waals surface area contributed by atoms with Gasteiger partial charge in [0.15, 0.2) is 5.78 Å². The highest BCUT2D eigenvalue weighted by Crippen LogP contribution is 2.27. The van der Waals surface area contributed by atoms with Crippen LogP contribution in [0.1, 0.15) is 106 Å². The van der Waals surface area contributed by atoms with Crippen molar-refractivity contribution in [3.8, 4) is 5.75 Å². The lowest BCUT2D eigenvalue weighted by atomic mass is 10.0. The van der Waals surface area contributed by atoms with Crippen molar-refractivity contribution >= 4 is 58.2 Å². The molecular formula is C44H50N4O10. The second-order valence-corrected chi connectivity index (χ2v) is 16.4. The number of benzene rings is 4. The molecule has 0 unspecified atom stereocenters. The van der Waals surface area contributed by atoms with Crippen LogP contribution < -0.4 is 15.4 Å². The molecule has 0 saturated heterocycles. The van der Waals surface area contributed by atoms with Crippen molar-refractivity contribution in [1.82, 2.24) is 10.2 Å². The molecule has 4 aromatic rings. The average Bonchev–Trinajstić information content (AvgIpc) is 3.08. The van der Waals surface area contributed by atoms with Gasteiger partial charge in [0, 0.05) is 23.4 Å². The Morgan fingerprint density at radius 3 is 1.95 bits per heavy atom. The highest BCUT2D eigenvalue weighted by Gasteiger charge is 2.26. The van der Waals surface area contributed by atoms with Crippen LogP contribution in [0.4, 0.5) is 15.3 Å². The largest absolute Gasteiger partial charge is 0.459 e. The predicted octanol–water partition coefficient (Wildman–Crippen LogP) is 8.47. The van der Waals surface area contributed by atoms with E-state index in [1.54, 1.807) is 123 Å². The number of esters is 2. The van der Waals surface area contributed by atoms with Crippen LogP contribution in [0, 0.1) is 0 Å². The first-order valence-electron chi connectivity index (χ1n) is 18.5. The molecule has 58 heavy (non-hydrogen) atoms. The summed E-state index contributed by atoms with van der Waals surface area (Å²) in [5.41, 5.74) is -0.416. The molecule has 2 N–H and O–H groups in total. The molecule has 0 atom stereocenters. The van der Waals surface area contributed by atoms with Crippen LogP contribution in [0.3, 0.4) is 0 Å². The number of carbonyl (C=O) groups excluding carboxylic acids is 6. The van der Waals surface area contributed by atoms with Gasteiger partial charge >= 0.3 is 24.1 Å². The fourth-order valence-electron chi connectivity index (χ4n) is 5.38. The first-order chi connectivity index (χ1) is 26.9. The molecule has 14 heteroatoms. The van der Waals surface area contributed by atoms with E-state index in [1.165, 1.54) is 36.1 Å². The number of anilines is 1. The molecule has 0 aliphatic carbocycles. The molecule has 0 spiro atoms. The van der Waals surface area contributed by atoms with Gasteiger partial charge in [0.1, 0.15) is 29.1 Å². The zero-order valence-electron chi connectivity index (χ0n) is 34.5. The fraction of sp³-hybridized carbons (Fsp3) is 0.341. The molecule has 0 aliphatic heterocycles. The van der Waals surface area contributed by atoms with E-state index in [-0.39, 0.29) is 36.1 Å². The number of Topliss-reactive ketones (excluding diaryl/α,β-unsaturated/α-hetero) is 1. The summed E-state index contributed by atoms with van der Waals surface area (Å²) in [7, 11) is 0. The highest BCUT2D eigenvalue weighted by atomic mass is 16.6. The van der Waals surface area contributed by atoms with Gasteiger partial charge in [-0.25, -0.2) is 14.4 Å². The normalized spacial score (nSPS) is 11.9. The van der Waals surface area contributed by atoms with Gasteiger partial charge in [-0.1, -0.05) is 30.3 Å². The maximum absolute atomic E-state index is 14.1. The van der Waals surface area contributed by atoms with E-state index >= 15 is 0 Å². The second kappa shape index (κ2) is 18.1. The van der Waals surface area contributed by atoms with E-state index in [4.69, 9.17) is 18.9 Å². The Hall–Kier alpha value is -6.57. The van der Waals surface area contributed by atoms with E-state index in [9.17, 15) is 28.8 Å². The number of rotatable bonds is 9. The first-order valence-corrected chi connectivity index (χ1v) is 18.5. The third-order valence-corrected chi connectivity index (χ3v) is 7.63. The van der Waals surface area contributed by atoms with Gasteiger partial charge in [0.05, 0.1) is 5.56 Å². The lowest BCUT2D eigenvalue weighted by Gasteiger charge is -2.26. The summed E-state index contributed by atoms with van der Waals surface area (Å²) < 4.78 is 21.7. The first kappa shape index (κ1) is 44.1. The molecule has 0 saturated carbocycles. The van der Waals surface area contributed by atoms with Crippen molar-refractivity contribution in [3.05, 3.63) is 107 Å². The maximum Gasteiger partial charge on any atom is 0.437 e. The smallest absolute Gasteiger partial charge is 0.437 e. The summed E-state index contributed by atoms with van der Waals surface area (Å²) in [4.78, 5) is 82.5. The number of hydrogen-bond donors (Lipinski definition) is 2. The van der Waals surface area contributed by atoms with Gasteiger partial charge in [-0.05, 0) is 140 Å². The van der Waals surface area contributed by atoms with E-state index in [1.807, 2.05) is 0 Å². The van der Waals surface area contributed by atoms with Gasteiger partial charge in [0.25, 0.3) is 5.91 Å². The maximum atomic E-state index is 14.1. The summed E-state index contributed by atoms with van der Waals surface area (Å²) >= 11 is 0. The molecule has 3 amide bonds. The summed E-state index contributed by atoms with van der Waals surface area (Å²) in [6.45, 7) is 16.5. The van der Waals surface area contributed by atoms with E-state index in [2.05, 4.69) is 15.6 Å². The number of ether oxygens (including phenoxy) is 4. The molecule has 14 nitrogen and oxygen atoms in total. The zero-order chi connectivity index (χ0) is 43.0. The number of nitrogens with zero attached hydrogens (tertiary/aromatic N) is 2. The fourth-order valence-corrected chi connectivity index (χ4v) is 5.38. The van der Waals surface area contributed by atoms with Crippen LogP contribution in [0.5, 0.6) is 5.75 Å². The third-order valence-electron chi connectivity index (χ3n) is 7.63. The standard InChI is InChI=1S/C44H50N4O10/c1-27(49)30-14-11-13-28(23-30)25-48(26-36(50)56-42(2,3)4)37(51)35-16-12-15-31-24-33(21-22-34(31)35)55-38(52)29-17-19-32(20-18-29)45-39(46-40(53)57-43(5,6)7)47-41(54)58-44(8,9)10/h11-24H,25-26H2,1-10H3,(H2,45,46,47,53,54). The van der Waals surface area contributed by atoms with Crippen LogP contribution in [-0.4, -0.2) is 70.0 Å². The van der Waals surface area contributed by atoms with E-state index < -0.39 is 46.8 Å². The van der Waals surface area contributed by atoms with Gasteiger partial charge in [-0.15, -0.1) is 4.99 Å². The number of aliphatic imine (C=N–C) groups is 1. The summed E-state index contributed by atoms with van der Waals surface area (Å²) in [5.74, 6) is -1.88. The average molecular weight is 795 g/mol. The Kier molecular flexibility index (Phi) is 13.8. The Morgan fingerprint density at radius 2 is 1.33 bits per heavy atom. The minimum atomic E-state index is -0.951. The van der Waals surface area contributed by atoms with E-state index in [0.29, 0.717) is 33.2 Å². The van der Waals surface area contributed by atoms with E-state index in [0.717, 1.165) is 0 Å². The number of nitrogens with one attached hydrogen (secondary N) is 2. The lowest BCUT2D eigenvalue weighted by Crippen LogP contribution is -2.40. The van der Waals surface area contributed by atoms with Gasteiger partial charge in [-0.3, -0.25) is 19.7 Å². The molecule has 0 bridgehead atoms. The number of amides is 3. The quantitative estimate of drug-likeness (QED) is 0.0415. The van der Waals surface area contributed by atoms with Crippen molar-refractivity contribution in [2.75, 3.05) is 11.9 Å². The summed E-state index contributed by atoms with van der Waals surface area (Å²) in [6, 6.07) is 22.8. The number of guanidine groups is 1. The van der Waals surface area contributed by atoms with Crippen LogP contribution in [0.15, 0.2) is 89.9 Å². The van der Waals surface area contributed by atoms with Crippen molar-refractivity contribution in [3.63, 3.8) is 0 Å². The minimum Gasteiger partial charge on any atom is -0.459 e. The van der Waals surface area contributed by atoms with Crippen molar-refractivity contribution in [2.45, 2.75) is 92.6 Å². The number of alkyl carbamates (subject to hydrolysis) is 1.